The Balaban J connectivity index is 1.98. The molecule has 0 N–H and O–H groups in total. The van der Waals surface area contributed by atoms with Gasteiger partial charge in [-0.1, -0.05) is 72.8 Å². The molecule has 112 valence electrons. The van der Waals surface area contributed by atoms with E-state index in [9.17, 15) is 0 Å². The van der Waals surface area contributed by atoms with Gasteiger partial charge in [0, 0.05) is 0 Å². The van der Waals surface area contributed by atoms with Crippen molar-refractivity contribution in [1.29, 1.82) is 0 Å². The zero-order valence-electron chi connectivity index (χ0n) is 13.6. The summed E-state index contributed by atoms with van der Waals surface area (Å²) in [6.45, 7) is 4.46. The Morgan fingerprint density at radius 1 is 0.739 bits per heavy atom. The molecule has 0 heteroatoms. The number of allylic oxidation sites excluding steroid dienone is 3. The second-order valence-electron chi connectivity index (χ2n) is 6.35. The third-order valence-electron chi connectivity index (χ3n) is 4.85. The van der Waals surface area contributed by atoms with Gasteiger partial charge >= 0.3 is 0 Å². The monoisotopic (exact) mass is 296 g/mol. The Kier molecular flexibility index (Phi) is 3.38. The standard InChI is InChI=1S/C23H20/c1-16-11-13-18-7-3-4-9-20(18)15-22(16)23-17(2)12-14-19-8-5-6-10-21(19)23/h3-14H,15H2,1-2H3. The molecule has 0 amide bonds. The number of hydrogen-bond donors (Lipinski definition) is 0. The Morgan fingerprint density at radius 3 is 2.43 bits per heavy atom. The number of fused-ring (bicyclic) bond motifs is 2. The highest BCUT2D eigenvalue weighted by atomic mass is 14.2. The summed E-state index contributed by atoms with van der Waals surface area (Å²) in [7, 11) is 0. The predicted molar refractivity (Wildman–Crippen MR) is 100 cm³/mol. The lowest BCUT2D eigenvalue weighted by Gasteiger charge is -2.16. The minimum atomic E-state index is 0.990. The molecule has 0 nitrogen and oxygen atoms in total. The summed E-state index contributed by atoms with van der Waals surface area (Å²) in [5.41, 5.74) is 8.30. The molecule has 0 atom stereocenters. The summed E-state index contributed by atoms with van der Waals surface area (Å²) < 4.78 is 0. The van der Waals surface area contributed by atoms with Gasteiger partial charge in [0.15, 0.2) is 0 Å². The lowest BCUT2D eigenvalue weighted by molar-refractivity contribution is 1.25. The van der Waals surface area contributed by atoms with Gasteiger partial charge in [-0.05, 0) is 64.4 Å². The molecule has 1 aliphatic rings. The molecule has 0 fully saturated rings. The molecule has 0 bridgehead atoms. The molecule has 0 spiro atoms. The van der Waals surface area contributed by atoms with Crippen LogP contribution < -0.4 is 0 Å². The summed E-state index contributed by atoms with van der Waals surface area (Å²) >= 11 is 0. The molecule has 0 aliphatic heterocycles. The number of hydrogen-bond acceptors (Lipinski definition) is 0. The van der Waals surface area contributed by atoms with Crippen LogP contribution in [0.4, 0.5) is 0 Å². The first-order valence-corrected chi connectivity index (χ1v) is 8.18. The Hall–Kier alpha value is -2.60. The zero-order chi connectivity index (χ0) is 15.8. The highest BCUT2D eigenvalue weighted by Gasteiger charge is 2.15. The van der Waals surface area contributed by atoms with Crippen molar-refractivity contribution < 1.29 is 0 Å². The van der Waals surface area contributed by atoms with E-state index < -0.39 is 0 Å². The van der Waals surface area contributed by atoms with Crippen molar-refractivity contribution in [3.63, 3.8) is 0 Å². The minimum Gasteiger partial charge on any atom is -0.0619 e. The molecule has 0 aromatic heterocycles. The Bertz CT molecular complexity index is 955. The largest absolute Gasteiger partial charge is 0.0619 e. The van der Waals surface area contributed by atoms with E-state index >= 15 is 0 Å². The van der Waals surface area contributed by atoms with Crippen LogP contribution in [0.15, 0.2) is 72.3 Å². The Morgan fingerprint density at radius 2 is 1.52 bits per heavy atom. The van der Waals surface area contributed by atoms with E-state index in [-0.39, 0.29) is 0 Å². The molecule has 4 rings (SSSR count). The quantitative estimate of drug-likeness (QED) is 0.502. The molecule has 3 aromatic carbocycles. The van der Waals surface area contributed by atoms with Gasteiger partial charge in [0.25, 0.3) is 0 Å². The smallest absolute Gasteiger partial charge is 0.00109 e. The van der Waals surface area contributed by atoms with Crippen LogP contribution in [-0.2, 0) is 6.42 Å². The molecular weight excluding hydrogens is 276 g/mol. The zero-order valence-corrected chi connectivity index (χ0v) is 13.6. The van der Waals surface area contributed by atoms with Crippen LogP contribution in [0.3, 0.4) is 0 Å². The normalized spacial score (nSPS) is 14.0. The summed E-state index contributed by atoms with van der Waals surface area (Å²) in [6.07, 6.45) is 5.50. The summed E-state index contributed by atoms with van der Waals surface area (Å²) in [5, 5.41) is 2.67. The molecule has 0 unspecified atom stereocenters. The first-order chi connectivity index (χ1) is 11.2. The van der Waals surface area contributed by atoms with Crippen molar-refractivity contribution in [2.75, 3.05) is 0 Å². The fourth-order valence-electron chi connectivity index (χ4n) is 3.57. The molecule has 3 aromatic rings. The lowest BCUT2D eigenvalue weighted by atomic mass is 9.88. The Labute approximate surface area is 137 Å². The van der Waals surface area contributed by atoms with Gasteiger partial charge < -0.3 is 0 Å². The fraction of sp³-hybridized carbons (Fsp3) is 0.130. The van der Waals surface area contributed by atoms with Crippen LogP contribution in [0.25, 0.3) is 22.4 Å². The van der Waals surface area contributed by atoms with Crippen molar-refractivity contribution in [2.24, 2.45) is 0 Å². The lowest BCUT2D eigenvalue weighted by Crippen LogP contribution is -1.98. The van der Waals surface area contributed by atoms with E-state index in [4.69, 9.17) is 0 Å². The van der Waals surface area contributed by atoms with Crippen molar-refractivity contribution >= 4 is 22.4 Å². The summed E-state index contributed by atoms with van der Waals surface area (Å²) in [4.78, 5) is 0. The molecule has 1 aliphatic carbocycles. The number of aryl methyl sites for hydroxylation is 1. The molecule has 0 radical (unpaired) electrons. The van der Waals surface area contributed by atoms with Crippen molar-refractivity contribution in [2.45, 2.75) is 20.3 Å². The molecule has 0 saturated carbocycles. The van der Waals surface area contributed by atoms with Gasteiger partial charge in [0.1, 0.15) is 0 Å². The maximum Gasteiger partial charge on any atom is -0.00109 e. The highest BCUT2D eigenvalue weighted by Crippen LogP contribution is 2.35. The second kappa shape index (κ2) is 5.55. The van der Waals surface area contributed by atoms with Gasteiger partial charge in [0.2, 0.25) is 0 Å². The highest BCUT2D eigenvalue weighted by molar-refractivity contribution is 5.97. The van der Waals surface area contributed by atoms with Crippen LogP contribution in [-0.4, -0.2) is 0 Å². The van der Waals surface area contributed by atoms with E-state index in [2.05, 4.69) is 86.7 Å². The van der Waals surface area contributed by atoms with Crippen molar-refractivity contribution in [3.05, 3.63) is 94.6 Å². The molecule has 0 saturated heterocycles. The van der Waals surface area contributed by atoms with Gasteiger partial charge in [-0.25, -0.2) is 0 Å². The predicted octanol–water partition coefficient (Wildman–Crippen LogP) is 6.19. The van der Waals surface area contributed by atoms with Gasteiger partial charge in [0.05, 0.1) is 0 Å². The average Bonchev–Trinajstić information content (AvgIpc) is 2.74. The first-order valence-electron chi connectivity index (χ1n) is 8.18. The fourth-order valence-corrected chi connectivity index (χ4v) is 3.57. The van der Waals surface area contributed by atoms with Crippen LogP contribution in [0.5, 0.6) is 0 Å². The van der Waals surface area contributed by atoms with E-state index in [1.807, 2.05) is 0 Å². The van der Waals surface area contributed by atoms with E-state index in [0.29, 0.717) is 0 Å². The molecular formula is C23H20. The van der Waals surface area contributed by atoms with E-state index in [0.717, 1.165) is 6.42 Å². The van der Waals surface area contributed by atoms with Crippen molar-refractivity contribution in [1.82, 2.24) is 0 Å². The maximum absolute atomic E-state index is 2.27. The van der Waals surface area contributed by atoms with E-state index in [1.54, 1.807) is 0 Å². The van der Waals surface area contributed by atoms with Crippen LogP contribution in [0.2, 0.25) is 0 Å². The topological polar surface area (TPSA) is 0 Å². The van der Waals surface area contributed by atoms with Crippen LogP contribution in [0.1, 0.15) is 29.2 Å². The summed E-state index contributed by atoms with van der Waals surface area (Å²) in [6, 6.07) is 21.9. The van der Waals surface area contributed by atoms with Crippen LogP contribution in [0, 0.1) is 6.92 Å². The number of benzene rings is 3. The third kappa shape index (κ3) is 2.41. The summed E-state index contributed by atoms with van der Waals surface area (Å²) in [5.74, 6) is 0. The van der Waals surface area contributed by atoms with Crippen molar-refractivity contribution in [3.8, 4) is 0 Å². The van der Waals surface area contributed by atoms with Gasteiger partial charge in [-0.15, -0.1) is 0 Å². The van der Waals surface area contributed by atoms with E-state index in [1.165, 1.54) is 44.2 Å². The van der Waals surface area contributed by atoms with Gasteiger partial charge in [-0.3, -0.25) is 0 Å². The maximum atomic E-state index is 2.27. The second-order valence-corrected chi connectivity index (χ2v) is 6.35. The van der Waals surface area contributed by atoms with Crippen LogP contribution >= 0.6 is 0 Å². The molecule has 0 heterocycles. The molecule has 23 heavy (non-hydrogen) atoms. The number of rotatable bonds is 1. The minimum absolute atomic E-state index is 0.990. The average molecular weight is 296 g/mol. The third-order valence-corrected chi connectivity index (χ3v) is 4.85. The first kappa shape index (κ1) is 14.0. The van der Waals surface area contributed by atoms with Gasteiger partial charge in [-0.2, -0.15) is 0 Å². The SMILES string of the molecule is CC1=C(c2c(C)ccc3ccccc23)Cc2ccccc2C=C1.